The SMILES string of the molecule is COc1cccc(C(=O)C=CNc2cc(Cl)ccc2OC)c1. The van der Waals surface area contributed by atoms with Gasteiger partial charge in [0.25, 0.3) is 0 Å². The van der Waals surface area contributed by atoms with Crippen LogP contribution in [0.1, 0.15) is 10.4 Å². The number of rotatable bonds is 6. The zero-order chi connectivity index (χ0) is 15.9. The van der Waals surface area contributed by atoms with E-state index >= 15 is 0 Å². The molecule has 0 unspecified atom stereocenters. The van der Waals surface area contributed by atoms with Crippen molar-refractivity contribution in [3.8, 4) is 11.5 Å². The van der Waals surface area contributed by atoms with Crippen LogP contribution in [-0.2, 0) is 0 Å². The molecule has 4 nitrogen and oxygen atoms in total. The van der Waals surface area contributed by atoms with Gasteiger partial charge in [-0.3, -0.25) is 4.79 Å². The number of carbonyl (C=O) groups is 1. The largest absolute Gasteiger partial charge is 0.497 e. The number of anilines is 1. The lowest BCUT2D eigenvalue weighted by Crippen LogP contribution is -1.98. The van der Waals surface area contributed by atoms with E-state index in [4.69, 9.17) is 21.1 Å². The molecule has 0 aromatic heterocycles. The summed E-state index contributed by atoms with van der Waals surface area (Å²) in [5, 5.41) is 3.57. The van der Waals surface area contributed by atoms with Gasteiger partial charge < -0.3 is 14.8 Å². The molecule has 0 aliphatic heterocycles. The average Bonchev–Trinajstić information content (AvgIpc) is 2.55. The number of allylic oxidation sites excluding steroid dienone is 1. The molecule has 0 bridgehead atoms. The highest BCUT2D eigenvalue weighted by Gasteiger charge is 2.04. The Labute approximate surface area is 134 Å². The molecule has 2 rings (SSSR count). The zero-order valence-corrected chi connectivity index (χ0v) is 13.1. The van der Waals surface area contributed by atoms with Crippen LogP contribution in [0.4, 0.5) is 5.69 Å². The van der Waals surface area contributed by atoms with Crippen molar-refractivity contribution in [3.05, 3.63) is 65.3 Å². The normalized spacial score (nSPS) is 10.5. The van der Waals surface area contributed by atoms with E-state index in [1.807, 2.05) is 0 Å². The van der Waals surface area contributed by atoms with Gasteiger partial charge in [0.05, 0.1) is 19.9 Å². The maximum absolute atomic E-state index is 12.1. The Hall–Kier alpha value is -2.46. The first-order valence-electron chi connectivity index (χ1n) is 6.59. The predicted molar refractivity (Wildman–Crippen MR) is 88.1 cm³/mol. The number of hydrogen-bond acceptors (Lipinski definition) is 4. The number of nitrogens with one attached hydrogen (secondary N) is 1. The van der Waals surface area contributed by atoms with Crippen molar-refractivity contribution < 1.29 is 14.3 Å². The monoisotopic (exact) mass is 317 g/mol. The zero-order valence-electron chi connectivity index (χ0n) is 12.3. The van der Waals surface area contributed by atoms with Crippen LogP contribution in [-0.4, -0.2) is 20.0 Å². The summed E-state index contributed by atoms with van der Waals surface area (Å²) in [6.07, 6.45) is 2.99. The summed E-state index contributed by atoms with van der Waals surface area (Å²) in [6, 6.07) is 12.2. The number of methoxy groups -OCH3 is 2. The van der Waals surface area contributed by atoms with Gasteiger partial charge in [-0.05, 0) is 30.3 Å². The molecular formula is C17H16ClNO3. The third kappa shape index (κ3) is 4.02. The summed E-state index contributed by atoms with van der Waals surface area (Å²) in [4.78, 5) is 12.1. The Morgan fingerprint density at radius 2 is 1.95 bits per heavy atom. The third-order valence-corrected chi connectivity index (χ3v) is 3.22. The Morgan fingerprint density at radius 1 is 1.14 bits per heavy atom. The molecule has 0 spiro atoms. The summed E-state index contributed by atoms with van der Waals surface area (Å²) >= 11 is 5.94. The Kier molecular flexibility index (Phi) is 5.44. The molecule has 0 fully saturated rings. The highest BCUT2D eigenvalue weighted by atomic mass is 35.5. The lowest BCUT2D eigenvalue weighted by molar-refractivity contribution is 0.104. The number of benzene rings is 2. The molecule has 0 aliphatic carbocycles. The first-order chi connectivity index (χ1) is 10.6. The lowest BCUT2D eigenvalue weighted by Gasteiger charge is -2.08. The van der Waals surface area contributed by atoms with Gasteiger partial charge in [-0.25, -0.2) is 0 Å². The van der Waals surface area contributed by atoms with Crippen LogP contribution in [0, 0.1) is 0 Å². The Morgan fingerprint density at radius 3 is 2.68 bits per heavy atom. The van der Waals surface area contributed by atoms with Gasteiger partial charge in [-0.15, -0.1) is 0 Å². The minimum Gasteiger partial charge on any atom is -0.497 e. The smallest absolute Gasteiger partial charge is 0.187 e. The third-order valence-electron chi connectivity index (χ3n) is 2.99. The summed E-state index contributed by atoms with van der Waals surface area (Å²) < 4.78 is 10.3. The number of hydrogen-bond donors (Lipinski definition) is 1. The van der Waals surface area contributed by atoms with Crippen molar-refractivity contribution in [2.24, 2.45) is 0 Å². The van der Waals surface area contributed by atoms with Gasteiger partial charge in [0, 0.05) is 22.9 Å². The van der Waals surface area contributed by atoms with Gasteiger partial charge in [0.1, 0.15) is 11.5 Å². The first-order valence-corrected chi connectivity index (χ1v) is 6.97. The maximum atomic E-state index is 12.1. The molecular weight excluding hydrogens is 302 g/mol. The Balaban J connectivity index is 2.09. The van der Waals surface area contributed by atoms with Crippen molar-refractivity contribution in [2.75, 3.05) is 19.5 Å². The average molecular weight is 318 g/mol. The van der Waals surface area contributed by atoms with E-state index < -0.39 is 0 Å². The molecule has 0 aliphatic rings. The van der Waals surface area contributed by atoms with Crippen LogP contribution in [0.2, 0.25) is 5.02 Å². The van der Waals surface area contributed by atoms with Gasteiger partial charge >= 0.3 is 0 Å². The highest BCUT2D eigenvalue weighted by Crippen LogP contribution is 2.27. The number of carbonyl (C=O) groups excluding carboxylic acids is 1. The molecule has 0 saturated heterocycles. The van der Waals surface area contributed by atoms with Crippen molar-refractivity contribution in [3.63, 3.8) is 0 Å². The molecule has 0 saturated carbocycles. The summed E-state index contributed by atoms with van der Waals surface area (Å²) in [5.74, 6) is 1.15. The second kappa shape index (κ2) is 7.52. The predicted octanol–water partition coefficient (Wildman–Crippen LogP) is 4.17. The topological polar surface area (TPSA) is 47.6 Å². The second-order valence-electron chi connectivity index (χ2n) is 4.42. The standard InChI is InChI=1S/C17H16ClNO3/c1-21-14-5-3-4-12(10-14)16(20)8-9-19-15-11-13(18)6-7-17(15)22-2/h3-11,19H,1-2H3. The summed E-state index contributed by atoms with van der Waals surface area (Å²) in [5.41, 5.74) is 1.24. The molecule has 22 heavy (non-hydrogen) atoms. The minimum atomic E-state index is -0.132. The quantitative estimate of drug-likeness (QED) is 0.642. The van der Waals surface area contributed by atoms with Crippen LogP contribution >= 0.6 is 11.6 Å². The fraction of sp³-hybridized carbons (Fsp3) is 0.118. The van der Waals surface area contributed by atoms with E-state index in [9.17, 15) is 4.79 Å². The van der Waals surface area contributed by atoms with E-state index in [-0.39, 0.29) is 5.78 Å². The second-order valence-corrected chi connectivity index (χ2v) is 4.85. The molecule has 5 heteroatoms. The van der Waals surface area contributed by atoms with Crippen LogP contribution in [0.5, 0.6) is 11.5 Å². The molecule has 0 heterocycles. The molecule has 114 valence electrons. The fourth-order valence-electron chi connectivity index (χ4n) is 1.87. The van der Waals surface area contributed by atoms with Crippen LogP contribution < -0.4 is 14.8 Å². The molecule has 0 amide bonds. The van der Waals surface area contributed by atoms with Crippen LogP contribution in [0.3, 0.4) is 0 Å². The summed E-state index contributed by atoms with van der Waals surface area (Å²) in [6.45, 7) is 0. The maximum Gasteiger partial charge on any atom is 0.187 e. The highest BCUT2D eigenvalue weighted by molar-refractivity contribution is 6.30. The molecule has 1 N–H and O–H groups in total. The lowest BCUT2D eigenvalue weighted by atomic mass is 10.1. The molecule has 2 aromatic rings. The molecule has 0 radical (unpaired) electrons. The van der Waals surface area contributed by atoms with E-state index in [0.29, 0.717) is 27.8 Å². The summed E-state index contributed by atoms with van der Waals surface area (Å²) in [7, 11) is 3.13. The van der Waals surface area contributed by atoms with Crippen LogP contribution in [0.25, 0.3) is 0 Å². The van der Waals surface area contributed by atoms with E-state index in [1.54, 1.807) is 62.9 Å². The van der Waals surface area contributed by atoms with E-state index in [1.165, 1.54) is 6.08 Å². The molecule has 2 aromatic carbocycles. The van der Waals surface area contributed by atoms with Gasteiger partial charge in [-0.2, -0.15) is 0 Å². The van der Waals surface area contributed by atoms with Crippen LogP contribution in [0.15, 0.2) is 54.7 Å². The minimum absolute atomic E-state index is 0.132. The van der Waals surface area contributed by atoms with E-state index in [0.717, 1.165) is 0 Å². The van der Waals surface area contributed by atoms with Gasteiger partial charge in [0.2, 0.25) is 0 Å². The van der Waals surface area contributed by atoms with Gasteiger partial charge in [0.15, 0.2) is 5.78 Å². The van der Waals surface area contributed by atoms with Crippen molar-refractivity contribution >= 4 is 23.1 Å². The number of halogens is 1. The molecule has 0 atom stereocenters. The number of ether oxygens (including phenoxy) is 2. The van der Waals surface area contributed by atoms with E-state index in [2.05, 4.69) is 5.32 Å². The fourth-order valence-corrected chi connectivity index (χ4v) is 2.04. The van der Waals surface area contributed by atoms with Crippen molar-refractivity contribution in [1.29, 1.82) is 0 Å². The van der Waals surface area contributed by atoms with Crippen molar-refractivity contribution in [2.45, 2.75) is 0 Å². The Bertz CT molecular complexity index is 698. The number of ketones is 1. The first kappa shape index (κ1) is 15.9. The van der Waals surface area contributed by atoms with Gasteiger partial charge in [-0.1, -0.05) is 23.7 Å². The van der Waals surface area contributed by atoms with Crippen molar-refractivity contribution in [1.82, 2.24) is 0 Å².